The molecule has 124 valence electrons. The number of benzene rings is 1. The molecule has 1 unspecified atom stereocenters. The van der Waals surface area contributed by atoms with Gasteiger partial charge in [0.25, 0.3) is 5.91 Å². The Labute approximate surface area is 132 Å². The highest BCUT2D eigenvalue weighted by Crippen LogP contribution is 2.29. The molecule has 7 heteroatoms. The third kappa shape index (κ3) is 4.34. The Balaban J connectivity index is 1.98. The van der Waals surface area contributed by atoms with E-state index < -0.39 is 17.6 Å². The minimum atomic E-state index is -4.43. The lowest BCUT2D eigenvalue weighted by molar-refractivity contribution is -0.137. The Morgan fingerprint density at radius 1 is 1.26 bits per heavy atom. The van der Waals surface area contributed by atoms with E-state index in [1.807, 2.05) is 0 Å². The van der Waals surface area contributed by atoms with Crippen molar-refractivity contribution in [2.45, 2.75) is 25.1 Å². The lowest BCUT2D eigenvalue weighted by Crippen LogP contribution is -2.49. The largest absolute Gasteiger partial charge is 0.416 e. The summed E-state index contributed by atoms with van der Waals surface area (Å²) in [6, 6.07) is 3.83. The van der Waals surface area contributed by atoms with E-state index >= 15 is 0 Å². The highest BCUT2D eigenvalue weighted by atomic mass is 19.4. The Kier molecular flexibility index (Phi) is 5.08. The molecule has 1 aromatic rings. The Hall–Kier alpha value is -2.31. The molecule has 1 aliphatic rings. The van der Waals surface area contributed by atoms with Crippen molar-refractivity contribution in [3.63, 3.8) is 0 Å². The van der Waals surface area contributed by atoms with Gasteiger partial charge in [-0.05, 0) is 43.2 Å². The van der Waals surface area contributed by atoms with Crippen LogP contribution in [-0.2, 0) is 11.0 Å². The molecule has 1 fully saturated rings. The first-order valence-electron chi connectivity index (χ1n) is 7.20. The first kappa shape index (κ1) is 17.1. The first-order chi connectivity index (χ1) is 10.8. The highest BCUT2D eigenvalue weighted by molar-refractivity contribution is 5.94. The number of amides is 2. The van der Waals surface area contributed by atoms with E-state index in [1.54, 1.807) is 4.90 Å². The van der Waals surface area contributed by atoms with Gasteiger partial charge < -0.3 is 10.2 Å². The molecule has 23 heavy (non-hydrogen) atoms. The number of halogens is 3. The van der Waals surface area contributed by atoms with Gasteiger partial charge in [-0.3, -0.25) is 9.59 Å². The summed E-state index contributed by atoms with van der Waals surface area (Å²) >= 11 is 0. The second-order valence-electron chi connectivity index (χ2n) is 5.38. The number of carbonyl (C=O) groups is 2. The zero-order chi connectivity index (χ0) is 17.0. The SMILES string of the molecule is C=CC(=O)N1CCCC(NC(=O)c2ccc(C(F)(F)F)cc2)C1. The minimum Gasteiger partial charge on any atom is -0.348 e. The van der Waals surface area contributed by atoms with Crippen molar-refractivity contribution in [1.82, 2.24) is 10.2 Å². The van der Waals surface area contributed by atoms with Crippen LogP contribution in [0.25, 0.3) is 0 Å². The Morgan fingerprint density at radius 2 is 1.91 bits per heavy atom. The quantitative estimate of drug-likeness (QED) is 0.868. The predicted molar refractivity (Wildman–Crippen MR) is 78.7 cm³/mol. The maximum absolute atomic E-state index is 12.5. The van der Waals surface area contributed by atoms with Crippen molar-refractivity contribution < 1.29 is 22.8 Å². The number of hydrogen-bond donors (Lipinski definition) is 1. The molecular weight excluding hydrogens is 309 g/mol. The summed E-state index contributed by atoms with van der Waals surface area (Å²) < 4.78 is 37.5. The zero-order valence-corrected chi connectivity index (χ0v) is 12.4. The third-order valence-electron chi connectivity index (χ3n) is 3.72. The molecule has 1 saturated heterocycles. The van der Waals surface area contributed by atoms with Crippen molar-refractivity contribution in [2.75, 3.05) is 13.1 Å². The normalized spacial score (nSPS) is 18.4. The maximum Gasteiger partial charge on any atom is 0.416 e. The summed E-state index contributed by atoms with van der Waals surface area (Å²) in [5.41, 5.74) is -0.639. The molecule has 1 heterocycles. The van der Waals surface area contributed by atoms with E-state index in [0.717, 1.165) is 30.7 Å². The third-order valence-corrected chi connectivity index (χ3v) is 3.72. The molecule has 1 atom stereocenters. The summed E-state index contributed by atoms with van der Waals surface area (Å²) in [6.07, 6.45) is -1.74. The van der Waals surface area contributed by atoms with Gasteiger partial charge in [-0.2, -0.15) is 13.2 Å². The standard InChI is InChI=1S/C16H17F3N2O2/c1-2-14(22)21-9-3-4-13(10-21)20-15(23)11-5-7-12(8-6-11)16(17,18)19/h2,5-8,13H,1,3-4,9-10H2,(H,20,23). The second-order valence-corrected chi connectivity index (χ2v) is 5.38. The van der Waals surface area contributed by atoms with Gasteiger partial charge in [-0.15, -0.1) is 0 Å². The molecule has 0 aliphatic carbocycles. The highest BCUT2D eigenvalue weighted by Gasteiger charge is 2.30. The second kappa shape index (κ2) is 6.85. The number of nitrogens with one attached hydrogen (secondary N) is 1. The molecule has 1 aliphatic heterocycles. The summed E-state index contributed by atoms with van der Waals surface area (Å²) in [4.78, 5) is 25.3. The predicted octanol–water partition coefficient (Wildman–Crippen LogP) is 2.61. The summed E-state index contributed by atoms with van der Waals surface area (Å²) in [7, 11) is 0. The molecule has 4 nitrogen and oxygen atoms in total. The van der Waals surface area contributed by atoms with Crippen LogP contribution in [0, 0.1) is 0 Å². The van der Waals surface area contributed by atoms with Gasteiger partial charge in [0, 0.05) is 24.7 Å². The average Bonchev–Trinajstić information content (AvgIpc) is 2.53. The number of alkyl halides is 3. The van der Waals surface area contributed by atoms with Crippen molar-refractivity contribution in [3.05, 3.63) is 48.0 Å². The molecule has 1 N–H and O–H groups in total. The van der Waals surface area contributed by atoms with Crippen molar-refractivity contribution in [1.29, 1.82) is 0 Å². The summed E-state index contributed by atoms with van der Waals surface area (Å²) in [5.74, 6) is -0.643. The van der Waals surface area contributed by atoms with Gasteiger partial charge in [0.1, 0.15) is 0 Å². The molecule has 2 amide bonds. The molecule has 0 aromatic heterocycles. The van der Waals surface area contributed by atoms with Crippen LogP contribution in [0.1, 0.15) is 28.8 Å². The molecule has 0 bridgehead atoms. The van der Waals surface area contributed by atoms with E-state index in [9.17, 15) is 22.8 Å². The van der Waals surface area contributed by atoms with Crippen LogP contribution in [0.15, 0.2) is 36.9 Å². The topological polar surface area (TPSA) is 49.4 Å². The molecule has 1 aromatic carbocycles. The number of carbonyl (C=O) groups excluding carboxylic acids is 2. The Morgan fingerprint density at radius 3 is 2.48 bits per heavy atom. The summed E-state index contributed by atoms with van der Waals surface area (Å²) in [6.45, 7) is 4.41. The van der Waals surface area contributed by atoms with Crippen molar-refractivity contribution >= 4 is 11.8 Å². The van der Waals surface area contributed by atoms with Gasteiger partial charge in [0.15, 0.2) is 0 Å². The lowest BCUT2D eigenvalue weighted by atomic mass is 10.0. The van der Waals surface area contributed by atoms with Crippen LogP contribution in [-0.4, -0.2) is 35.8 Å². The molecular formula is C16H17F3N2O2. The van der Waals surface area contributed by atoms with Crippen LogP contribution >= 0.6 is 0 Å². The van der Waals surface area contributed by atoms with Crippen LogP contribution in [0.4, 0.5) is 13.2 Å². The number of likely N-dealkylation sites (tertiary alicyclic amines) is 1. The molecule has 0 spiro atoms. The van der Waals surface area contributed by atoms with Gasteiger partial charge in [-0.1, -0.05) is 6.58 Å². The number of nitrogens with zero attached hydrogens (tertiary/aromatic N) is 1. The van der Waals surface area contributed by atoms with Gasteiger partial charge in [0.05, 0.1) is 5.56 Å². The van der Waals surface area contributed by atoms with Crippen molar-refractivity contribution in [3.8, 4) is 0 Å². The lowest BCUT2D eigenvalue weighted by Gasteiger charge is -2.32. The van der Waals surface area contributed by atoms with Crippen LogP contribution < -0.4 is 5.32 Å². The summed E-state index contributed by atoms with van der Waals surface area (Å²) in [5, 5.41) is 2.75. The van der Waals surface area contributed by atoms with Gasteiger partial charge in [0.2, 0.25) is 5.91 Å². The van der Waals surface area contributed by atoms with Gasteiger partial charge >= 0.3 is 6.18 Å². The van der Waals surface area contributed by atoms with E-state index in [1.165, 1.54) is 6.08 Å². The maximum atomic E-state index is 12.5. The average molecular weight is 326 g/mol. The fourth-order valence-corrected chi connectivity index (χ4v) is 2.50. The number of piperidine rings is 1. The van der Waals surface area contributed by atoms with E-state index in [-0.39, 0.29) is 17.5 Å². The Bertz CT molecular complexity index is 596. The smallest absolute Gasteiger partial charge is 0.348 e. The van der Waals surface area contributed by atoms with Gasteiger partial charge in [-0.25, -0.2) is 0 Å². The molecule has 2 rings (SSSR count). The monoisotopic (exact) mass is 326 g/mol. The van der Waals surface area contributed by atoms with E-state index in [2.05, 4.69) is 11.9 Å². The van der Waals surface area contributed by atoms with E-state index in [0.29, 0.717) is 19.5 Å². The number of rotatable bonds is 3. The van der Waals surface area contributed by atoms with Crippen molar-refractivity contribution in [2.24, 2.45) is 0 Å². The van der Waals surface area contributed by atoms with Crippen LogP contribution in [0.3, 0.4) is 0 Å². The number of hydrogen-bond acceptors (Lipinski definition) is 2. The van der Waals surface area contributed by atoms with Crippen LogP contribution in [0.2, 0.25) is 0 Å². The van der Waals surface area contributed by atoms with E-state index in [4.69, 9.17) is 0 Å². The fourth-order valence-electron chi connectivity index (χ4n) is 2.50. The molecule has 0 saturated carbocycles. The van der Waals surface area contributed by atoms with Crippen LogP contribution in [0.5, 0.6) is 0 Å². The zero-order valence-electron chi connectivity index (χ0n) is 12.4. The minimum absolute atomic E-state index is 0.158. The molecule has 0 radical (unpaired) electrons. The fraction of sp³-hybridized carbons (Fsp3) is 0.375. The first-order valence-corrected chi connectivity index (χ1v) is 7.20.